The molecule has 0 aliphatic heterocycles. The quantitative estimate of drug-likeness (QED) is 0.282. The van der Waals surface area contributed by atoms with Crippen LogP contribution < -0.4 is 20.3 Å². The zero-order chi connectivity index (χ0) is 27.9. The van der Waals surface area contributed by atoms with E-state index in [1.54, 1.807) is 4.68 Å². The molecule has 2 heterocycles. The molecular formula is C29H31F2N7O2. The number of carbonyl (C=O) groups excluding carboxylic acids is 1. The Morgan fingerprint density at radius 1 is 1.05 bits per heavy atom. The molecule has 40 heavy (non-hydrogen) atoms. The molecule has 5 rings (SSSR count). The molecule has 0 radical (unpaired) electrons. The molecule has 208 valence electrons. The Bertz CT molecular complexity index is 1390. The number of aryl methyl sites for hydroxylation is 1. The predicted molar refractivity (Wildman–Crippen MR) is 148 cm³/mol. The normalized spacial score (nSPS) is 16.9. The molecule has 9 nitrogen and oxygen atoms in total. The van der Waals surface area contributed by atoms with Crippen molar-refractivity contribution < 1.29 is 18.3 Å². The smallest absolute Gasteiger partial charge is 0.388 e. The number of benzene rings is 2. The first-order chi connectivity index (χ1) is 19.4. The molecule has 0 spiro atoms. The largest absolute Gasteiger partial charge is 0.417 e. The van der Waals surface area contributed by atoms with Crippen LogP contribution in [0.4, 0.5) is 25.2 Å². The summed E-state index contributed by atoms with van der Waals surface area (Å²) in [4.78, 5) is 23.6. The number of halogens is 2. The molecule has 4 aromatic rings. The standard InChI is InChI=1S/C29H31F2N7O2/c1-37-19-22(18-34-37)21-7-11-24(12-8-21)38(29(39)33-17-20-5-3-2-4-6-20)25-13-9-23(10-14-25)35-28-32-16-15-26(36-28)40-27(30)31/h2-8,11-12,15-16,18-19,23,25,27H,9-10,13-14,17H2,1H3,(H,33,39)(H,32,35,36)/t23-,25-. The Balaban J connectivity index is 1.28. The molecule has 0 unspecified atom stereocenters. The van der Waals surface area contributed by atoms with Gasteiger partial charge in [-0.25, -0.2) is 9.78 Å². The first kappa shape index (κ1) is 27.0. The lowest BCUT2D eigenvalue weighted by molar-refractivity contribution is -0.0528. The van der Waals surface area contributed by atoms with Crippen molar-refractivity contribution >= 4 is 17.7 Å². The van der Waals surface area contributed by atoms with Gasteiger partial charge >= 0.3 is 12.6 Å². The highest BCUT2D eigenvalue weighted by molar-refractivity contribution is 5.93. The van der Waals surface area contributed by atoms with Crippen LogP contribution in [0.2, 0.25) is 0 Å². The van der Waals surface area contributed by atoms with E-state index in [1.165, 1.54) is 12.3 Å². The fourth-order valence-corrected chi connectivity index (χ4v) is 4.97. The maximum absolute atomic E-state index is 13.6. The molecule has 2 N–H and O–H groups in total. The summed E-state index contributed by atoms with van der Waals surface area (Å²) in [5.41, 5.74) is 3.86. The predicted octanol–water partition coefficient (Wildman–Crippen LogP) is 5.62. The van der Waals surface area contributed by atoms with E-state index < -0.39 is 6.61 Å². The second kappa shape index (κ2) is 12.5. The average Bonchev–Trinajstić information content (AvgIpc) is 3.40. The second-order valence-corrected chi connectivity index (χ2v) is 9.71. The summed E-state index contributed by atoms with van der Waals surface area (Å²) in [5.74, 6) is 0.0576. The number of anilines is 2. The van der Waals surface area contributed by atoms with Crippen LogP contribution in [0.25, 0.3) is 11.1 Å². The molecule has 1 aliphatic rings. The van der Waals surface area contributed by atoms with Crippen LogP contribution in [0.3, 0.4) is 0 Å². The molecule has 1 saturated carbocycles. The van der Waals surface area contributed by atoms with Crippen molar-refractivity contribution in [1.82, 2.24) is 25.1 Å². The van der Waals surface area contributed by atoms with Crippen molar-refractivity contribution in [2.75, 3.05) is 10.2 Å². The van der Waals surface area contributed by atoms with E-state index >= 15 is 0 Å². The first-order valence-corrected chi connectivity index (χ1v) is 13.2. The molecule has 0 atom stereocenters. The van der Waals surface area contributed by atoms with Gasteiger partial charge in [-0.2, -0.15) is 18.9 Å². The van der Waals surface area contributed by atoms with Gasteiger partial charge < -0.3 is 15.4 Å². The third-order valence-corrected chi connectivity index (χ3v) is 6.92. The van der Waals surface area contributed by atoms with Crippen LogP contribution in [-0.2, 0) is 13.6 Å². The number of rotatable bonds is 9. The zero-order valence-corrected chi connectivity index (χ0v) is 22.1. The lowest BCUT2D eigenvalue weighted by Gasteiger charge is -2.37. The summed E-state index contributed by atoms with van der Waals surface area (Å²) in [6, 6.07) is 18.9. The number of amides is 2. The number of ether oxygens (including phenoxy) is 1. The highest BCUT2D eigenvalue weighted by Crippen LogP contribution is 2.31. The SMILES string of the molecule is Cn1cc(-c2ccc(N(C(=O)NCc3ccccc3)[C@H]3CC[C@H](Nc4nccc(OC(F)F)n4)CC3)cc2)cn1. The van der Waals surface area contributed by atoms with Crippen molar-refractivity contribution in [3.63, 3.8) is 0 Å². The van der Waals surface area contributed by atoms with E-state index in [9.17, 15) is 13.6 Å². The first-order valence-electron chi connectivity index (χ1n) is 13.2. The van der Waals surface area contributed by atoms with E-state index in [0.717, 1.165) is 48.1 Å². The summed E-state index contributed by atoms with van der Waals surface area (Å²) in [5, 5.41) is 10.5. The van der Waals surface area contributed by atoms with Gasteiger partial charge in [0.1, 0.15) is 0 Å². The van der Waals surface area contributed by atoms with Gasteiger partial charge in [-0.1, -0.05) is 42.5 Å². The zero-order valence-electron chi connectivity index (χ0n) is 22.1. The van der Waals surface area contributed by atoms with Crippen LogP contribution in [0.15, 0.2) is 79.3 Å². The van der Waals surface area contributed by atoms with Gasteiger partial charge in [-0.15, -0.1) is 0 Å². The molecule has 2 aromatic heterocycles. The van der Waals surface area contributed by atoms with E-state index in [0.29, 0.717) is 6.54 Å². The van der Waals surface area contributed by atoms with Gasteiger partial charge in [0, 0.05) is 55.4 Å². The highest BCUT2D eigenvalue weighted by Gasteiger charge is 2.30. The molecule has 11 heteroatoms. The lowest BCUT2D eigenvalue weighted by atomic mass is 9.90. The molecule has 0 bridgehead atoms. The third kappa shape index (κ3) is 6.90. The topological polar surface area (TPSA) is 97.2 Å². The van der Waals surface area contributed by atoms with Crippen molar-refractivity contribution in [1.29, 1.82) is 0 Å². The molecule has 1 aliphatic carbocycles. The van der Waals surface area contributed by atoms with Gasteiger partial charge in [0.15, 0.2) is 0 Å². The number of aromatic nitrogens is 4. The van der Waals surface area contributed by atoms with Crippen LogP contribution in [0.1, 0.15) is 31.2 Å². The number of nitrogens with one attached hydrogen (secondary N) is 2. The van der Waals surface area contributed by atoms with Crippen LogP contribution in [0.5, 0.6) is 5.88 Å². The maximum Gasteiger partial charge on any atom is 0.388 e. The summed E-state index contributed by atoms with van der Waals surface area (Å²) >= 11 is 0. The molecule has 2 aromatic carbocycles. The number of hydrogen-bond donors (Lipinski definition) is 2. The Labute approximate surface area is 231 Å². The monoisotopic (exact) mass is 547 g/mol. The fourth-order valence-electron chi connectivity index (χ4n) is 4.97. The molecule has 2 amide bonds. The van der Waals surface area contributed by atoms with Gasteiger partial charge in [0.2, 0.25) is 11.8 Å². The van der Waals surface area contributed by atoms with Gasteiger partial charge in [-0.3, -0.25) is 9.58 Å². The maximum atomic E-state index is 13.6. The van der Waals surface area contributed by atoms with E-state index in [-0.39, 0.29) is 29.9 Å². The molecule has 1 fully saturated rings. The van der Waals surface area contributed by atoms with Gasteiger partial charge in [-0.05, 0) is 48.9 Å². The third-order valence-electron chi connectivity index (χ3n) is 6.92. The van der Waals surface area contributed by atoms with Crippen molar-refractivity contribution in [2.45, 2.75) is 50.9 Å². The average molecular weight is 548 g/mol. The van der Waals surface area contributed by atoms with Gasteiger partial charge in [0.25, 0.3) is 0 Å². The van der Waals surface area contributed by atoms with Crippen molar-refractivity contribution in [3.05, 3.63) is 84.8 Å². The summed E-state index contributed by atoms with van der Waals surface area (Å²) in [7, 11) is 1.88. The summed E-state index contributed by atoms with van der Waals surface area (Å²) < 4.78 is 31.2. The van der Waals surface area contributed by atoms with Gasteiger partial charge in [0.05, 0.1) is 6.20 Å². The van der Waals surface area contributed by atoms with E-state index in [4.69, 9.17) is 0 Å². The Morgan fingerprint density at radius 2 is 1.80 bits per heavy atom. The minimum absolute atomic E-state index is 0.0208. The van der Waals surface area contributed by atoms with Crippen molar-refractivity contribution in [3.8, 4) is 17.0 Å². The number of urea groups is 1. The summed E-state index contributed by atoms with van der Waals surface area (Å²) in [6.07, 6.45) is 8.14. The number of hydrogen-bond acceptors (Lipinski definition) is 6. The Hall–Kier alpha value is -4.54. The number of carbonyl (C=O) groups is 1. The Morgan fingerprint density at radius 3 is 2.48 bits per heavy atom. The minimum Gasteiger partial charge on any atom is -0.417 e. The highest BCUT2D eigenvalue weighted by atomic mass is 19.3. The van der Waals surface area contributed by atoms with E-state index in [1.807, 2.05) is 78.9 Å². The minimum atomic E-state index is -2.95. The van der Waals surface area contributed by atoms with Crippen molar-refractivity contribution in [2.24, 2.45) is 7.05 Å². The van der Waals surface area contributed by atoms with Crippen LogP contribution in [-0.4, -0.2) is 44.5 Å². The number of alkyl halides is 2. The number of nitrogens with zero attached hydrogens (tertiary/aromatic N) is 5. The fraction of sp³-hybridized carbons (Fsp3) is 0.310. The van der Waals surface area contributed by atoms with Crippen LogP contribution >= 0.6 is 0 Å². The molecule has 0 saturated heterocycles. The lowest BCUT2D eigenvalue weighted by Crippen LogP contribution is -2.48. The second-order valence-electron chi connectivity index (χ2n) is 9.71. The molecular weight excluding hydrogens is 516 g/mol. The summed E-state index contributed by atoms with van der Waals surface area (Å²) in [6.45, 7) is -2.52. The Kier molecular flexibility index (Phi) is 8.48. The van der Waals surface area contributed by atoms with Crippen LogP contribution in [0, 0.1) is 0 Å². The van der Waals surface area contributed by atoms with E-state index in [2.05, 4.69) is 30.4 Å².